The van der Waals surface area contributed by atoms with Crippen LogP contribution in [-0.4, -0.2) is 4.98 Å². The fourth-order valence-corrected chi connectivity index (χ4v) is 10.6. The van der Waals surface area contributed by atoms with Gasteiger partial charge in [0.05, 0.1) is 12.3 Å². The SMILES string of the molecule is [2H]c1c([2H])c([2H])c(-c2cccc(-c3cc(C(C)(C)C)cc(C(C)(C)C)c3)c2N2[CH-]N(c3[c-]c(Oc4[c-]cc(-c5c([2H])c([2H])c([2H])c([2H])c5Nc5cc(C([2H])([2H])[2H])c(-c6cccc7c6C(C)(C)CCC7(C)C)cn5)cc4)ccc3)c3ccccc32)c([2H])c1[2H].[Pt]. The summed E-state index contributed by atoms with van der Waals surface area (Å²) in [7, 11) is 0. The van der Waals surface area contributed by atoms with E-state index in [9.17, 15) is 2.74 Å². The second-order valence-corrected chi connectivity index (χ2v) is 23.3. The van der Waals surface area contributed by atoms with Crippen LogP contribution < -0.4 is 19.9 Å². The van der Waals surface area contributed by atoms with Gasteiger partial charge in [-0.15, -0.1) is 48.3 Å². The van der Waals surface area contributed by atoms with Gasteiger partial charge in [-0.3, -0.25) is 0 Å². The van der Waals surface area contributed by atoms with Crippen LogP contribution in [-0.2, 0) is 42.7 Å². The number of fused-ring (bicyclic) bond motifs is 2. The molecule has 0 radical (unpaired) electrons. The van der Waals surface area contributed by atoms with Gasteiger partial charge in [0.1, 0.15) is 5.82 Å². The van der Waals surface area contributed by atoms with Crippen molar-refractivity contribution in [3.05, 3.63) is 229 Å². The molecule has 5 nitrogen and oxygen atoms in total. The van der Waals surface area contributed by atoms with E-state index in [4.69, 9.17) is 23.4 Å². The van der Waals surface area contributed by atoms with E-state index in [1.54, 1.807) is 30.5 Å². The van der Waals surface area contributed by atoms with Crippen molar-refractivity contribution >= 4 is 34.3 Å². The predicted octanol–water partition coefficient (Wildman–Crippen LogP) is 19.5. The summed E-state index contributed by atoms with van der Waals surface area (Å²) in [6.07, 6.45) is 3.45. The van der Waals surface area contributed by atoms with E-state index in [1.807, 2.05) is 83.2 Å². The van der Waals surface area contributed by atoms with Gasteiger partial charge in [0, 0.05) is 82.3 Å². The van der Waals surface area contributed by atoms with Crippen LogP contribution >= 0.6 is 0 Å². The van der Waals surface area contributed by atoms with Gasteiger partial charge in [-0.2, -0.15) is 18.2 Å². The van der Waals surface area contributed by atoms with E-state index >= 15 is 0 Å². The van der Waals surface area contributed by atoms with E-state index in [0.717, 1.165) is 57.6 Å². The van der Waals surface area contributed by atoms with Crippen molar-refractivity contribution < 1.29 is 42.3 Å². The van der Waals surface area contributed by atoms with Crippen molar-refractivity contribution in [1.29, 1.82) is 0 Å². The van der Waals surface area contributed by atoms with Gasteiger partial charge < -0.3 is 19.9 Å². The van der Waals surface area contributed by atoms with Crippen molar-refractivity contribution in [2.75, 3.05) is 15.1 Å². The molecule has 11 rings (SSSR count). The topological polar surface area (TPSA) is 40.6 Å². The van der Waals surface area contributed by atoms with E-state index in [1.165, 1.54) is 11.6 Å². The van der Waals surface area contributed by atoms with Gasteiger partial charge in [-0.25, -0.2) is 4.98 Å². The second-order valence-electron chi connectivity index (χ2n) is 23.3. The van der Waals surface area contributed by atoms with E-state index < -0.39 is 37.1 Å². The van der Waals surface area contributed by atoms with Crippen LogP contribution in [0.4, 0.5) is 34.3 Å². The average Bonchev–Trinajstić information content (AvgIpc) is 1.72. The second kappa shape index (κ2) is 20.6. The molecule has 1 aliphatic carbocycles. The molecule has 0 atom stereocenters. The molecular formula is C71H69N4OPt-3. The molecule has 0 saturated carbocycles. The summed E-state index contributed by atoms with van der Waals surface area (Å²) in [5.74, 6) is 0.690. The zero-order valence-corrected chi connectivity index (χ0v) is 47.5. The molecule has 1 aliphatic heterocycles. The Bertz CT molecular complexity index is 4220. The fourth-order valence-electron chi connectivity index (χ4n) is 10.6. The molecule has 9 aromatic rings. The molecule has 77 heavy (non-hydrogen) atoms. The molecule has 0 spiro atoms. The number of aryl methyl sites for hydroxylation is 1. The summed E-state index contributed by atoms with van der Waals surface area (Å²) in [6, 6.07) is 40.9. The quantitative estimate of drug-likeness (QED) is 0.138. The minimum absolute atomic E-state index is 0. The van der Waals surface area contributed by atoms with Crippen LogP contribution in [0.15, 0.2) is 182 Å². The minimum Gasteiger partial charge on any atom is -0.509 e. The van der Waals surface area contributed by atoms with Crippen LogP contribution in [0.5, 0.6) is 11.5 Å². The van der Waals surface area contributed by atoms with E-state index in [-0.39, 0.29) is 101 Å². The maximum atomic E-state index is 9.23. The van der Waals surface area contributed by atoms with Crippen molar-refractivity contribution in [1.82, 2.24) is 4.98 Å². The molecule has 8 aromatic carbocycles. The monoisotopic (exact) mass is 1200 g/mol. The molecule has 1 aromatic heterocycles. The van der Waals surface area contributed by atoms with Crippen molar-refractivity contribution in [3.8, 4) is 56.0 Å². The third-order valence-electron chi connectivity index (χ3n) is 14.9. The largest absolute Gasteiger partial charge is 0.509 e. The number of pyridine rings is 1. The van der Waals surface area contributed by atoms with E-state index in [0.29, 0.717) is 33.8 Å². The summed E-state index contributed by atoms with van der Waals surface area (Å²) in [4.78, 5) is 8.69. The van der Waals surface area contributed by atoms with Crippen molar-refractivity contribution in [2.24, 2.45) is 0 Å². The first-order valence-electron chi connectivity index (χ1n) is 31.9. The number of ether oxygens (including phenoxy) is 1. The number of hydrogen-bond acceptors (Lipinski definition) is 5. The molecule has 1 N–H and O–H groups in total. The first-order valence-corrected chi connectivity index (χ1v) is 25.9. The Balaban J connectivity index is 0.00000873. The zero-order valence-electron chi connectivity index (χ0n) is 57.2. The number of benzene rings is 8. The van der Waals surface area contributed by atoms with Crippen LogP contribution in [0.3, 0.4) is 0 Å². The smallest absolute Gasteiger partial charge is 0.130 e. The minimum atomic E-state index is -2.57. The van der Waals surface area contributed by atoms with Gasteiger partial charge in [-0.05, 0) is 110 Å². The number of nitrogens with zero attached hydrogens (tertiary/aromatic N) is 3. The average molecular weight is 1200 g/mol. The maximum Gasteiger partial charge on any atom is 0.130 e. The Labute approximate surface area is 489 Å². The van der Waals surface area contributed by atoms with Crippen molar-refractivity contribution in [3.63, 3.8) is 0 Å². The summed E-state index contributed by atoms with van der Waals surface area (Å²) in [5, 5.41) is 3.12. The third kappa shape index (κ3) is 10.5. The summed E-state index contributed by atoms with van der Waals surface area (Å²) >= 11 is 0. The fraction of sp³-hybridized carbons (Fsp3) is 0.239. The van der Waals surface area contributed by atoms with Gasteiger partial charge in [-0.1, -0.05) is 190 Å². The normalized spacial score (nSPS) is 17.0. The molecular weight excluding hydrogens is 1120 g/mol. The molecule has 0 fully saturated rings. The molecule has 0 saturated heterocycles. The third-order valence-corrected chi connectivity index (χ3v) is 14.9. The first-order chi connectivity index (χ1) is 41.3. The van der Waals surface area contributed by atoms with Crippen molar-refractivity contribution in [2.45, 2.75) is 111 Å². The number of nitrogens with one attached hydrogen (secondary N) is 1. The van der Waals surface area contributed by atoms with E-state index in [2.05, 4.69) is 111 Å². The summed E-state index contributed by atoms with van der Waals surface area (Å²) in [5.41, 5.74) is 10.4. The van der Waals surface area contributed by atoms with Gasteiger partial charge in [0.2, 0.25) is 0 Å². The molecule has 6 heteroatoms. The first kappa shape index (κ1) is 40.1. The molecule has 2 heterocycles. The molecule has 0 unspecified atom stereocenters. The Morgan fingerprint density at radius 1 is 0.623 bits per heavy atom. The zero-order chi connectivity index (χ0) is 63.5. The molecule has 392 valence electrons. The van der Waals surface area contributed by atoms with Crippen LogP contribution in [0.2, 0.25) is 0 Å². The number of hydrogen-bond donors (Lipinski definition) is 1. The van der Waals surface area contributed by atoms with Gasteiger partial charge in [0.25, 0.3) is 0 Å². The summed E-state index contributed by atoms with van der Waals surface area (Å²) < 4.78 is 113. The predicted molar refractivity (Wildman–Crippen MR) is 319 cm³/mol. The molecule has 0 bridgehead atoms. The van der Waals surface area contributed by atoms with Crippen LogP contribution in [0.25, 0.3) is 44.5 Å². The Morgan fingerprint density at radius 2 is 1.27 bits per heavy atom. The Morgan fingerprint density at radius 3 is 1.97 bits per heavy atom. The van der Waals surface area contributed by atoms with Gasteiger partial charge >= 0.3 is 0 Å². The number of aromatic nitrogens is 1. The Kier molecular flexibility index (Phi) is 10.7. The number of rotatable bonds is 10. The molecule has 0 amide bonds. The summed E-state index contributed by atoms with van der Waals surface area (Å²) in [6.45, 7) is 21.2. The number of anilines is 6. The van der Waals surface area contributed by atoms with Gasteiger partial charge in [0.15, 0.2) is 0 Å². The maximum absolute atomic E-state index is 9.23. The molecule has 2 aliphatic rings. The van der Waals surface area contributed by atoms with Crippen LogP contribution in [0, 0.1) is 25.7 Å². The van der Waals surface area contributed by atoms with Crippen LogP contribution in [0.1, 0.15) is 126 Å². The Hall–Kier alpha value is -7.20. The number of para-hydroxylation sites is 4. The standard InChI is InChI=1S/C71H69N4O.Pt/c1-47-40-65(72-45-60(47)59-29-21-30-61-66(59)71(10,11)39-38-70(61,8)9)73-62-31-16-15-26-56(62)49-34-36-54(37-35-49)76-55-25-19-24-53(44-55)74-46-75(64-33-18-17-32-63(64)74)67-57(48-22-13-12-14-23-48)27-20-28-58(67)50-41-51(68(2,3)4)43-52(42-50)69(5,6)7;/h12-36,40-43,45-46H,38-39H2,1-11H3,(H,72,73);/q-3;/i1D3,12D,13D,14D,15D,16D,22D,23D,26D,31D;.